The molecule has 2 N–H and O–H groups in total. The number of para-hydroxylation sites is 1. The first-order chi connectivity index (χ1) is 10.8. The molecule has 1 heterocycles. The van der Waals surface area contributed by atoms with Crippen molar-refractivity contribution >= 4 is 5.91 Å². The highest BCUT2D eigenvalue weighted by atomic mass is 16.5. The van der Waals surface area contributed by atoms with E-state index in [-0.39, 0.29) is 18.6 Å². The molecule has 1 saturated heterocycles. The number of nitrogens with zero attached hydrogens (tertiary/aromatic N) is 1. The zero-order valence-electron chi connectivity index (χ0n) is 13.0. The van der Waals surface area contributed by atoms with E-state index < -0.39 is 0 Å². The van der Waals surface area contributed by atoms with Gasteiger partial charge in [-0.15, -0.1) is 0 Å². The number of benzene rings is 1. The van der Waals surface area contributed by atoms with Gasteiger partial charge in [0.05, 0.1) is 19.6 Å². The fourth-order valence-corrected chi connectivity index (χ4v) is 2.77. The van der Waals surface area contributed by atoms with Gasteiger partial charge in [0.2, 0.25) is 5.91 Å². The monoisotopic (exact) mass is 306 g/mol. The van der Waals surface area contributed by atoms with Crippen LogP contribution in [0.1, 0.15) is 25.7 Å². The topological polar surface area (TPSA) is 61.8 Å². The molecule has 0 radical (unpaired) electrons. The number of aliphatic hydroxyl groups excluding tert-OH is 1. The van der Waals surface area contributed by atoms with Crippen molar-refractivity contribution < 1.29 is 14.6 Å². The Morgan fingerprint density at radius 1 is 1.32 bits per heavy atom. The summed E-state index contributed by atoms with van der Waals surface area (Å²) in [5.41, 5.74) is 0. The maximum absolute atomic E-state index is 11.8. The van der Waals surface area contributed by atoms with Gasteiger partial charge in [0, 0.05) is 19.1 Å². The molecule has 122 valence electrons. The van der Waals surface area contributed by atoms with E-state index >= 15 is 0 Å². The van der Waals surface area contributed by atoms with E-state index in [1.165, 1.54) is 12.8 Å². The summed E-state index contributed by atoms with van der Waals surface area (Å²) in [7, 11) is 0. The molecule has 1 fully saturated rings. The Morgan fingerprint density at radius 2 is 2.14 bits per heavy atom. The van der Waals surface area contributed by atoms with Crippen molar-refractivity contribution in [2.75, 3.05) is 32.8 Å². The average Bonchev–Trinajstić information content (AvgIpc) is 2.56. The minimum absolute atomic E-state index is 0.00786. The van der Waals surface area contributed by atoms with Crippen LogP contribution in [0.2, 0.25) is 0 Å². The zero-order chi connectivity index (χ0) is 15.6. The van der Waals surface area contributed by atoms with Crippen LogP contribution in [-0.2, 0) is 4.79 Å². The van der Waals surface area contributed by atoms with Crippen molar-refractivity contribution in [2.24, 2.45) is 0 Å². The number of likely N-dealkylation sites (tertiary alicyclic amines) is 1. The number of rotatable bonds is 8. The van der Waals surface area contributed by atoms with E-state index in [1.807, 2.05) is 30.3 Å². The van der Waals surface area contributed by atoms with Crippen LogP contribution >= 0.6 is 0 Å². The number of nitrogens with one attached hydrogen (secondary N) is 1. The second-order valence-electron chi connectivity index (χ2n) is 5.63. The average molecular weight is 306 g/mol. The number of carbonyl (C=O) groups excluding carboxylic acids is 1. The van der Waals surface area contributed by atoms with Crippen LogP contribution in [0.5, 0.6) is 5.75 Å². The lowest BCUT2D eigenvalue weighted by Gasteiger charge is -2.34. The summed E-state index contributed by atoms with van der Waals surface area (Å²) in [5.74, 6) is 0.794. The molecular weight excluding hydrogens is 280 g/mol. The highest BCUT2D eigenvalue weighted by molar-refractivity contribution is 5.75. The first-order valence-corrected chi connectivity index (χ1v) is 8.09. The number of ether oxygens (including phenoxy) is 1. The zero-order valence-corrected chi connectivity index (χ0v) is 13.0. The van der Waals surface area contributed by atoms with E-state index in [9.17, 15) is 9.90 Å². The Hall–Kier alpha value is -1.59. The summed E-state index contributed by atoms with van der Waals surface area (Å²) >= 11 is 0. The van der Waals surface area contributed by atoms with Crippen LogP contribution in [0, 0.1) is 0 Å². The predicted molar refractivity (Wildman–Crippen MR) is 85.9 cm³/mol. The lowest BCUT2D eigenvalue weighted by Crippen LogP contribution is -2.45. The predicted octanol–water partition coefficient (Wildman–Crippen LogP) is 1.42. The molecule has 1 atom stereocenters. The molecule has 5 nitrogen and oxygen atoms in total. The van der Waals surface area contributed by atoms with Crippen LogP contribution in [0.3, 0.4) is 0 Å². The first-order valence-electron chi connectivity index (χ1n) is 8.09. The van der Waals surface area contributed by atoms with Gasteiger partial charge in [0.1, 0.15) is 5.75 Å². The highest BCUT2D eigenvalue weighted by Gasteiger charge is 2.20. The normalized spacial score (nSPS) is 18.9. The number of amides is 1. The largest absolute Gasteiger partial charge is 0.493 e. The number of aliphatic hydroxyl groups is 1. The van der Waals surface area contributed by atoms with Crippen molar-refractivity contribution in [2.45, 2.75) is 31.7 Å². The smallest absolute Gasteiger partial charge is 0.223 e. The number of carbonyl (C=O) groups is 1. The lowest BCUT2D eigenvalue weighted by atomic mass is 10.0. The fourth-order valence-electron chi connectivity index (χ4n) is 2.77. The molecule has 2 rings (SSSR count). The molecule has 0 spiro atoms. The maximum Gasteiger partial charge on any atom is 0.223 e. The van der Waals surface area contributed by atoms with E-state index in [2.05, 4.69) is 10.2 Å². The van der Waals surface area contributed by atoms with E-state index in [4.69, 9.17) is 4.74 Å². The fraction of sp³-hybridized carbons (Fsp3) is 0.588. The van der Waals surface area contributed by atoms with Crippen LogP contribution in [0.25, 0.3) is 0 Å². The SMILES string of the molecule is O=C(CCOc1ccccc1)NCCN1CCCCC1CO. The Balaban J connectivity index is 1.57. The summed E-state index contributed by atoms with van der Waals surface area (Å²) in [6, 6.07) is 9.76. The van der Waals surface area contributed by atoms with Gasteiger partial charge >= 0.3 is 0 Å². The Morgan fingerprint density at radius 3 is 2.91 bits per heavy atom. The number of piperidine rings is 1. The van der Waals surface area contributed by atoms with Crippen molar-refractivity contribution in [1.82, 2.24) is 10.2 Å². The molecule has 0 saturated carbocycles. The molecule has 0 bridgehead atoms. The Labute approximate surface area is 132 Å². The molecule has 1 unspecified atom stereocenters. The van der Waals surface area contributed by atoms with E-state index in [0.29, 0.717) is 19.6 Å². The Kier molecular flexibility index (Phi) is 7.19. The molecule has 22 heavy (non-hydrogen) atoms. The molecule has 1 aromatic carbocycles. The third-order valence-corrected chi connectivity index (χ3v) is 4.02. The van der Waals surface area contributed by atoms with Crippen molar-refractivity contribution in [1.29, 1.82) is 0 Å². The summed E-state index contributed by atoms with van der Waals surface area (Å²) in [6.45, 7) is 3.03. The number of hydrogen-bond donors (Lipinski definition) is 2. The van der Waals surface area contributed by atoms with Crippen LogP contribution in [-0.4, -0.2) is 54.8 Å². The molecule has 1 aliphatic heterocycles. The Bertz CT molecular complexity index is 439. The standard InChI is InChI=1S/C17H26N2O3/c20-14-15-6-4-5-11-19(15)12-10-18-17(21)9-13-22-16-7-2-1-3-8-16/h1-3,7-8,15,20H,4-6,9-14H2,(H,18,21). The summed E-state index contributed by atoms with van der Waals surface area (Å²) in [4.78, 5) is 14.0. The molecule has 1 amide bonds. The van der Waals surface area contributed by atoms with Gasteiger partial charge in [-0.1, -0.05) is 24.6 Å². The maximum atomic E-state index is 11.8. The van der Waals surface area contributed by atoms with Crippen LogP contribution in [0.4, 0.5) is 0 Å². The number of hydrogen-bond acceptors (Lipinski definition) is 4. The quantitative estimate of drug-likeness (QED) is 0.762. The lowest BCUT2D eigenvalue weighted by molar-refractivity contribution is -0.121. The van der Waals surface area contributed by atoms with E-state index in [0.717, 1.165) is 25.3 Å². The van der Waals surface area contributed by atoms with Crippen molar-refractivity contribution in [3.05, 3.63) is 30.3 Å². The van der Waals surface area contributed by atoms with Crippen molar-refractivity contribution in [3.8, 4) is 5.75 Å². The summed E-state index contributed by atoms with van der Waals surface area (Å²) < 4.78 is 5.50. The van der Waals surface area contributed by atoms with Crippen LogP contribution < -0.4 is 10.1 Å². The molecule has 0 aromatic heterocycles. The van der Waals surface area contributed by atoms with Gasteiger partial charge in [-0.3, -0.25) is 9.69 Å². The van der Waals surface area contributed by atoms with Gasteiger partial charge in [-0.25, -0.2) is 0 Å². The van der Waals surface area contributed by atoms with Gasteiger partial charge in [-0.2, -0.15) is 0 Å². The van der Waals surface area contributed by atoms with Crippen LogP contribution in [0.15, 0.2) is 30.3 Å². The third kappa shape index (κ3) is 5.66. The molecular formula is C17H26N2O3. The summed E-state index contributed by atoms with van der Waals surface area (Å²) in [5, 5.41) is 12.3. The van der Waals surface area contributed by atoms with Gasteiger partial charge in [0.25, 0.3) is 0 Å². The van der Waals surface area contributed by atoms with Crippen molar-refractivity contribution in [3.63, 3.8) is 0 Å². The minimum atomic E-state index is 0.00786. The highest BCUT2D eigenvalue weighted by Crippen LogP contribution is 2.15. The molecule has 0 aliphatic carbocycles. The third-order valence-electron chi connectivity index (χ3n) is 4.02. The van der Waals surface area contributed by atoms with Gasteiger partial charge < -0.3 is 15.2 Å². The van der Waals surface area contributed by atoms with Gasteiger partial charge in [-0.05, 0) is 31.5 Å². The second kappa shape index (κ2) is 9.43. The summed E-state index contributed by atoms with van der Waals surface area (Å²) in [6.07, 6.45) is 3.77. The van der Waals surface area contributed by atoms with Gasteiger partial charge in [0.15, 0.2) is 0 Å². The van der Waals surface area contributed by atoms with E-state index in [1.54, 1.807) is 0 Å². The molecule has 1 aromatic rings. The molecule has 1 aliphatic rings. The first kappa shape index (κ1) is 16.8. The molecule has 5 heteroatoms. The minimum Gasteiger partial charge on any atom is -0.493 e. The second-order valence-corrected chi connectivity index (χ2v) is 5.63.